The Morgan fingerprint density at radius 2 is 1.49 bits per heavy atom. The van der Waals surface area contributed by atoms with Crippen molar-refractivity contribution in [3.05, 3.63) is 111 Å². The van der Waals surface area contributed by atoms with Crippen LogP contribution in [0.2, 0.25) is 0 Å². The minimum atomic E-state index is 0.500. The van der Waals surface area contributed by atoms with Crippen molar-refractivity contribution in [3.63, 3.8) is 0 Å². The van der Waals surface area contributed by atoms with Crippen LogP contribution in [0.15, 0.2) is 66.8 Å². The molecule has 7 rings (SSSR count). The summed E-state index contributed by atoms with van der Waals surface area (Å²) < 4.78 is 0. The maximum absolute atomic E-state index is 4.29. The molecule has 0 spiro atoms. The van der Waals surface area contributed by atoms with E-state index in [-0.39, 0.29) is 0 Å². The predicted molar refractivity (Wildman–Crippen MR) is 216 cm³/mol. The van der Waals surface area contributed by atoms with Gasteiger partial charge in [0.15, 0.2) is 0 Å². The molecule has 0 heterocycles. The Morgan fingerprint density at radius 3 is 2.10 bits per heavy atom. The van der Waals surface area contributed by atoms with Crippen molar-refractivity contribution >= 4 is 17.2 Å². The van der Waals surface area contributed by atoms with Gasteiger partial charge < -0.3 is 0 Å². The first-order valence-electron chi connectivity index (χ1n) is 19.6. The van der Waals surface area contributed by atoms with Gasteiger partial charge in [-0.2, -0.15) is 0 Å². The lowest BCUT2D eigenvalue weighted by Gasteiger charge is -2.45. The van der Waals surface area contributed by atoms with Crippen LogP contribution in [0.1, 0.15) is 144 Å². The fraction of sp³-hybridized carbons (Fsp3) is 0.510. The Morgan fingerprint density at radius 1 is 0.857 bits per heavy atom. The van der Waals surface area contributed by atoms with E-state index in [0.717, 1.165) is 42.4 Å². The molecule has 3 aromatic rings. The number of benzene rings is 3. The molecule has 260 valence electrons. The summed E-state index contributed by atoms with van der Waals surface area (Å²) in [5, 5.41) is 0. The molecule has 0 nitrogen and oxygen atoms in total. The Balaban J connectivity index is 0.000000778. The van der Waals surface area contributed by atoms with Crippen LogP contribution in [-0.2, 0) is 12.8 Å². The van der Waals surface area contributed by atoms with Crippen LogP contribution in [0, 0.1) is 48.9 Å². The molecule has 0 N–H and O–H groups in total. The third kappa shape index (κ3) is 7.95. The van der Waals surface area contributed by atoms with E-state index in [1.54, 1.807) is 16.7 Å². The van der Waals surface area contributed by atoms with E-state index >= 15 is 0 Å². The zero-order valence-corrected chi connectivity index (χ0v) is 32.6. The molecular formula is C49H64. The van der Waals surface area contributed by atoms with E-state index in [0.29, 0.717) is 11.3 Å². The molecule has 0 aliphatic heterocycles. The molecule has 0 aromatic heterocycles. The maximum atomic E-state index is 4.29. The van der Waals surface area contributed by atoms with Crippen molar-refractivity contribution in [1.82, 2.24) is 0 Å². The summed E-state index contributed by atoms with van der Waals surface area (Å²) in [6.45, 7) is 26.9. The second-order valence-electron chi connectivity index (χ2n) is 18.5. The van der Waals surface area contributed by atoms with Crippen molar-refractivity contribution in [2.24, 2.45) is 35.0 Å². The molecule has 0 amide bonds. The van der Waals surface area contributed by atoms with Crippen molar-refractivity contribution < 1.29 is 0 Å². The molecule has 4 aliphatic carbocycles. The summed E-state index contributed by atoms with van der Waals surface area (Å²) >= 11 is 0. The van der Waals surface area contributed by atoms with Gasteiger partial charge in [0.1, 0.15) is 0 Å². The Hall–Kier alpha value is -3.12. The fourth-order valence-corrected chi connectivity index (χ4v) is 9.21. The van der Waals surface area contributed by atoms with Gasteiger partial charge in [-0.25, -0.2) is 0 Å². The quantitative estimate of drug-likeness (QED) is 0.223. The molecule has 1 atom stereocenters. The second-order valence-corrected chi connectivity index (χ2v) is 18.5. The number of rotatable bonds is 7. The standard InChI is InChI=1S/C44H52.C5H12/c1-26(2)18-40-29(6)19-38-23-37(25-42(38)44(40)33-10-8-28(5)9-11-33)34-16-17-39-30(7)20-41(43(39)24-34)32-14-12-31(13-15-32)36-21-35(22-36)27(3)4;1-5(2,3)4/h8-11,16-17,19-20,23-24,27,30-32,35-36H,1,12-15,18,21-22,25H2,2-7H3;1-4H3. The molecule has 3 aromatic carbocycles. The van der Waals surface area contributed by atoms with Crippen LogP contribution in [-0.4, -0.2) is 0 Å². The molecule has 2 fully saturated rings. The zero-order chi connectivity index (χ0) is 35.2. The summed E-state index contributed by atoms with van der Waals surface area (Å²) in [4.78, 5) is 0. The highest BCUT2D eigenvalue weighted by molar-refractivity contribution is 5.94. The average molecular weight is 653 g/mol. The topological polar surface area (TPSA) is 0 Å². The Kier molecular flexibility index (Phi) is 10.4. The molecule has 0 saturated heterocycles. The molecular weight excluding hydrogens is 589 g/mol. The van der Waals surface area contributed by atoms with Gasteiger partial charge in [0, 0.05) is 5.92 Å². The monoisotopic (exact) mass is 653 g/mol. The third-order valence-electron chi connectivity index (χ3n) is 12.0. The van der Waals surface area contributed by atoms with Crippen molar-refractivity contribution in [1.29, 1.82) is 0 Å². The lowest BCUT2D eigenvalue weighted by molar-refractivity contribution is 0.0646. The van der Waals surface area contributed by atoms with Crippen LogP contribution in [0.3, 0.4) is 0 Å². The van der Waals surface area contributed by atoms with Gasteiger partial charge in [-0.15, -0.1) is 0 Å². The van der Waals surface area contributed by atoms with E-state index in [1.807, 2.05) is 0 Å². The first-order valence-corrected chi connectivity index (χ1v) is 19.6. The first-order chi connectivity index (χ1) is 23.2. The minimum absolute atomic E-state index is 0.500. The lowest BCUT2D eigenvalue weighted by Crippen LogP contribution is -2.34. The van der Waals surface area contributed by atoms with Crippen LogP contribution >= 0.6 is 0 Å². The van der Waals surface area contributed by atoms with Gasteiger partial charge in [0.05, 0.1) is 0 Å². The molecule has 4 aliphatic rings. The van der Waals surface area contributed by atoms with E-state index in [4.69, 9.17) is 0 Å². The van der Waals surface area contributed by atoms with Gasteiger partial charge in [0.25, 0.3) is 0 Å². The van der Waals surface area contributed by atoms with Gasteiger partial charge in [0.2, 0.25) is 0 Å². The largest absolute Gasteiger partial charge is 0.0998 e. The first kappa shape index (κ1) is 35.7. The van der Waals surface area contributed by atoms with Gasteiger partial charge in [-0.05, 0) is 174 Å². The number of hydrogen-bond acceptors (Lipinski definition) is 0. The zero-order valence-electron chi connectivity index (χ0n) is 32.6. The number of fused-ring (bicyclic) bond motifs is 2. The molecule has 2 saturated carbocycles. The molecule has 0 heteroatoms. The lowest BCUT2D eigenvalue weighted by atomic mass is 9.60. The normalized spacial score (nSPS) is 24.3. The Bertz CT molecular complexity index is 1730. The summed E-state index contributed by atoms with van der Waals surface area (Å²) in [6, 6.07) is 19.0. The average Bonchev–Trinajstić information content (AvgIpc) is 3.57. The molecule has 0 bridgehead atoms. The highest BCUT2D eigenvalue weighted by Crippen LogP contribution is 2.52. The van der Waals surface area contributed by atoms with Gasteiger partial charge >= 0.3 is 0 Å². The second kappa shape index (κ2) is 14.2. The van der Waals surface area contributed by atoms with E-state index in [9.17, 15) is 0 Å². The predicted octanol–water partition coefficient (Wildman–Crippen LogP) is 14.2. The number of allylic oxidation sites excluding steroid dienone is 4. The van der Waals surface area contributed by atoms with Crippen molar-refractivity contribution in [3.8, 4) is 11.1 Å². The van der Waals surface area contributed by atoms with Crippen molar-refractivity contribution in [2.75, 3.05) is 0 Å². The fourth-order valence-electron chi connectivity index (χ4n) is 9.21. The van der Waals surface area contributed by atoms with Gasteiger partial charge in [-0.1, -0.05) is 121 Å². The van der Waals surface area contributed by atoms with Crippen LogP contribution < -0.4 is 0 Å². The van der Waals surface area contributed by atoms with Crippen LogP contribution in [0.4, 0.5) is 0 Å². The third-order valence-corrected chi connectivity index (χ3v) is 12.0. The smallest absolute Gasteiger partial charge is 0.000174 e. The number of hydrogen-bond donors (Lipinski definition) is 0. The summed E-state index contributed by atoms with van der Waals surface area (Å²) in [6.07, 6.45) is 15.7. The summed E-state index contributed by atoms with van der Waals surface area (Å²) in [5.74, 6) is 5.13. The van der Waals surface area contributed by atoms with E-state index < -0.39 is 0 Å². The van der Waals surface area contributed by atoms with E-state index in [2.05, 4.69) is 136 Å². The van der Waals surface area contributed by atoms with Crippen molar-refractivity contribution in [2.45, 2.75) is 127 Å². The number of aryl methyl sites for hydroxylation is 2. The van der Waals surface area contributed by atoms with E-state index in [1.165, 1.54) is 94.2 Å². The molecule has 0 radical (unpaired) electrons. The van der Waals surface area contributed by atoms with Crippen LogP contribution in [0.25, 0.3) is 28.3 Å². The van der Waals surface area contributed by atoms with Crippen LogP contribution in [0.5, 0.6) is 0 Å². The summed E-state index contributed by atoms with van der Waals surface area (Å²) in [7, 11) is 0. The Labute approximate surface area is 300 Å². The minimum Gasteiger partial charge on any atom is -0.0998 e. The SMILES string of the molecule is C=C(C)Cc1c(C)cc2c(c1-c1ccc(C)cc1)CC(c1ccc3c(c1)C(C1CCC(C4CC(C(C)C)C4)CC1)=CC3C)=C2.CC(C)(C)C. The molecule has 1 unspecified atom stereocenters. The highest BCUT2D eigenvalue weighted by atomic mass is 14.4. The maximum Gasteiger partial charge on any atom is 0.000174 e. The van der Waals surface area contributed by atoms with Gasteiger partial charge in [-0.3, -0.25) is 0 Å². The molecule has 49 heavy (non-hydrogen) atoms. The highest BCUT2D eigenvalue weighted by Gasteiger charge is 2.39. The summed E-state index contributed by atoms with van der Waals surface area (Å²) in [5.41, 5.74) is 19.2.